The zero-order valence-corrected chi connectivity index (χ0v) is 12.3. The normalized spacial score (nSPS) is 31.4. The molecule has 1 aliphatic rings. The third kappa shape index (κ3) is 3.39. The number of rotatable bonds is 5. The monoisotopic (exact) mass is 278 g/mol. The topological polar surface area (TPSA) is 72.2 Å². The molecule has 1 aliphatic carbocycles. The fraction of sp³-hybridized carbons (Fsp3) is 0.909. The van der Waals surface area contributed by atoms with E-state index in [4.69, 9.17) is 18.0 Å². The molecule has 6 heteroatoms. The van der Waals surface area contributed by atoms with Crippen LogP contribution in [-0.2, 0) is 10.0 Å². The molecule has 4 atom stereocenters. The van der Waals surface area contributed by atoms with Crippen molar-refractivity contribution in [1.29, 1.82) is 0 Å². The Hall–Kier alpha value is -0.200. The van der Waals surface area contributed by atoms with Gasteiger partial charge in [0.2, 0.25) is 10.0 Å². The average molecular weight is 278 g/mol. The van der Waals surface area contributed by atoms with Crippen molar-refractivity contribution < 1.29 is 8.42 Å². The highest BCUT2D eigenvalue weighted by atomic mass is 32.2. The van der Waals surface area contributed by atoms with Gasteiger partial charge >= 0.3 is 0 Å². The quantitative estimate of drug-likeness (QED) is 0.746. The number of nitrogens with one attached hydrogen (secondary N) is 1. The molecule has 0 aliphatic heterocycles. The molecule has 1 saturated carbocycles. The van der Waals surface area contributed by atoms with Crippen LogP contribution in [0.15, 0.2) is 0 Å². The Morgan fingerprint density at radius 2 is 2.12 bits per heavy atom. The molecule has 0 bridgehead atoms. The predicted molar refractivity (Wildman–Crippen MR) is 74.3 cm³/mol. The molecule has 3 N–H and O–H groups in total. The Morgan fingerprint density at radius 1 is 1.53 bits per heavy atom. The van der Waals surface area contributed by atoms with Crippen molar-refractivity contribution in [3.63, 3.8) is 0 Å². The molecule has 4 unspecified atom stereocenters. The van der Waals surface area contributed by atoms with Crippen molar-refractivity contribution in [2.45, 2.75) is 51.3 Å². The minimum atomic E-state index is -3.42. The second-order valence-electron chi connectivity index (χ2n) is 4.92. The SMILES string of the molecule is CCC1CCC(NS(=O)(=O)C(C)C(N)=S)C1C. The van der Waals surface area contributed by atoms with Crippen LogP contribution in [0.25, 0.3) is 0 Å². The summed E-state index contributed by atoms with van der Waals surface area (Å²) in [6.07, 6.45) is 3.10. The molecule has 1 rings (SSSR count). The van der Waals surface area contributed by atoms with Gasteiger partial charge in [-0.25, -0.2) is 13.1 Å². The van der Waals surface area contributed by atoms with Crippen LogP contribution in [0.3, 0.4) is 0 Å². The Kier molecular flexibility index (Phi) is 4.92. The largest absolute Gasteiger partial charge is 0.392 e. The summed E-state index contributed by atoms with van der Waals surface area (Å²) in [6.45, 7) is 5.79. The number of thiocarbonyl (C=S) groups is 1. The average Bonchev–Trinajstić information content (AvgIpc) is 2.58. The van der Waals surface area contributed by atoms with Crippen molar-refractivity contribution in [1.82, 2.24) is 4.72 Å². The molecule has 100 valence electrons. The summed E-state index contributed by atoms with van der Waals surface area (Å²) in [7, 11) is -3.42. The van der Waals surface area contributed by atoms with Crippen molar-refractivity contribution in [2.24, 2.45) is 17.6 Å². The molecule has 0 heterocycles. The molecule has 4 nitrogen and oxygen atoms in total. The Bertz CT molecular complexity index is 381. The van der Waals surface area contributed by atoms with Crippen LogP contribution in [0.2, 0.25) is 0 Å². The van der Waals surface area contributed by atoms with E-state index in [1.165, 1.54) is 6.92 Å². The van der Waals surface area contributed by atoms with E-state index < -0.39 is 15.3 Å². The predicted octanol–water partition coefficient (Wildman–Crippen LogP) is 1.41. The lowest BCUT2D eigenvalue weighted by molar-refractivity contribution is 0.368. The van der Waals surface area contributed by atoms with Crippen LogP contribution in [0.1, 0.15) is 40.0 Å². The first kappa shape index (κ1) is 14.9. The van der Waals surface area contributed by atoms with Crippen LogP contribution < -0.4 is 10.5 Å². The Labute approximate surface area is 109 Å². The molecule has 0 amide bonds. The highest BCUT2D eigenvalue weighted by Gasteiger charge is 2.35. The van der Waals surface area contributed by atoms with Gasteiger partial charge in [-0.2, -0.15) is 0 Å². The van der Waals surface area contributed by atoms with E-state index in [1.54, 1.807) is 0 Å². The molecule has 0 radical (unpaired) electrons. The molecule has 0 saturated heterocycles. The van der Waals surface area contributed by atoms with Gasteiger partial charge in [-0.1, -0.05) is 32.5 Å². The van der Waals surface area contributed by atoms with Gasteiger partial charge in [0, 0.05) is 6.04 Å². The standard InChI is InChI=1S/C11H22N2O2S2/c1-4-9-5-6-10(7(9)2)13-17(14,15)8(3)11(12)16/h7-10,13H,4-6H2,1-3H3,(H2,12,16). The lowest BCUT2D eigenvalue weighted by Crippen LogP contribution is -2.45. The minimum absolute atomic E-state index is 0.0233. The number of hydrogen-bond donors (Lipinski definition) is 2. The molecule has 17 heavy (non-hydrogen) atoms. The maximum Gasteiger partial charge on any atom is 0.220 e. The van der Waals surface area contributed by atoms with Crippen LogP contribution in [-0.4, -0.2) is 24.7 Å². The fourth-order valence-corrected chi connectivity index (χ4v) is 4.10. The molecule has 0 spiro atoms. The summed E-state index contributed by atoms with van der Waals surface area (Å²) >= 11 is 4.74. The zero-order valence-electron chi connectivity index (χ0n) is 10.6. The second kappa shape index (κ2) is 5.63. The number of nitrogens with two attached hydrogens (primary N) is 1. The summed E-state index contributed by atoms with van der Waals surface area (Å²) in [5.74, 6) is 0.996. The van der Waals surface area contributed by atoms with Gasteiger partial charge in [0.15, 0.2) is 0 Å². The molecule has 0 aromatic carbocycles. The van der Waals surface area contributed by atoms with Gasteiger partial charge in [-0.05, 0) is 31.6 Å². The van der Waals surface area contributed by atoms with Crippen LogP contribution >= 0.6 is 12.2 Å². The van der Waals surface area contributed by atoms with Gasteiger partial charge in [-0.15, -0.1) is 0 Å². The summed E-state index contributed by atoms with van der Waals surface area (Å²) in [5.41, 5.74) is 5.40. The first-order valence-electron chi connectivity index (χ1n) is 6.10. The van der Waals surface area contributed by atoms with E-state index in [-0.39, 0.29) is 11.0 Å². The summed E-state index contributed by atoms with van der Waals surface area (Å²) < 4.78 is 26.7. The van der Waals surface area contributed by atoms with Crippen molar-refractivity contribution in [3.05, 3.63) is 0 Å². The molecule has 0 aromatic rings. The summed E-state index contributed by atoms with van der Waals surface area (Å²) in [5, 5.41) is -0.801. The fourth-order valence-electron chi connectivity index (χ4n) is 2.46. The molecular formula is C11H22N2O2S2. The van der Waals surface area contributed by atoms with Crippen LogP contribution in [0, 0.1) is 11.8 Å². The van der Waals surface area contributed by atoms with E-state index >= 15 is 0 Å². The maximum atomic E-state index is 12.0. The van der Waals surface area contributed by atoms with E-state index in [0.29, 0.717) is 11.8 Å². The molecule has 1 fully saturated rings. The third-order valence-corrected chi connectivity index (χ3v) is 6.25. The first-order valence-corrected chi connectivity index (χ1v) is 8.05. The molecule has 0 aromatic heterocycles. The first-order chi connectivity index (χ1) is 7.79. The van der Waals surface area contributed by atoms with Crippen molar-refractivity contribution >= 4 is 27.2 Å². The summed E-state index contributed by atoms with van der Waals surface area (Å²) in [4.78, 5) is 0.0233. The third-order valence-electron chi connectivity index (χ3n) is 3.93. The van der Waals surface area contributed by atoms with Gasteiger partial charge in [0.25, 0.3) is 0 Å². The Morgan fingerprint density at radius 3 is 2.53 bits per heavy atom. The maximum absolute atomic E-state index is 12.0. The summed E-state index contributed by atoms with van der Waals surface area (Å²) in [6, 6.07) is 0.0294. The second-order valence-corrected chi connectivity index (χ2v) is 7.42. The van der Waals surface area contributed by atoms with Crippen molar-refractivity contribution in [2.75, 3.05) is 0 Å². The number of sulfonamides is 1. The van der Waals surface area contributed by atoms with Crippen LogP contribution in [0.4, 0.5) is 0 Å². The number of hydrogen-bond acceptors (Lipinski definition) is 3. The van der Waals surface area contributed by atoms with E-state index in [9.17, 15) is 8.42 Å². The van der Waals surface area contributed by atoms with Crippen molar-refractivity contribution in [3.8, 4) is 0 Å². The van der Waals surface area contributed by atoms with E-state index in [2.05, 4.69) is 18.6 Å². The smallest absolute Gasteiger partial charge is 0.220 e. The molecular weight excluding hydrogens is 256 g/mol. The highest BCUT2D eigenvalue weighted by Crippen LogP contribution is 2.34. The van der Waals surface area contributed by atoms with Gasteiger partial charge in [0.1, 0.15) is 5.25 Å². The van der Waals surface area contributed by atoms with Gasteiger partial charge < -0.3 is 5.73 Å². The van der Waals surface area contributed by atoms with Crippen LogP contribution in [0.5, 0.6) is 0 Å². The van der Waals surface area contributed by atoms with Gasteiger partial charge in [0.05, 0.1) is 4.99 Å². The van der Waals surface area contributed by atoms with E-state index in [1.807, 2.05) is 0 Å². The highest BCUT2D eigenvalue weighted by molar-refractivity contribution is 7.93. The van der Waals surface area contributed by atoms with E-state index in [0.717, 1.165) is 19.3 Å². The lowest BCUT2D eigenvalue weighted by Gasteiger charge is -2.22. The minimum Gasteiger partial charge on any atom is -0.392 e. The Balaban J connectivity index is 2.70. The lowest BCUT2D eigenvalue weighted by atomic mass is 9.94. The van der Waals surface area contributed by atoms with Gasteiger partial charge in [-0.3, -0.25) is 0 Å². The zero-order chi connectivity index (χ0) is 13.2.